The third-order valence-corrected chi connectivity index (χ3v) is 5.34. The van der Waals surface area contributed by atoms with Crippen LogP contribution < -0.4 is 10.2 Å². The highest BCUT2D eigenvalue weighted by Crippen LogP contribution is 2.28. The molecule has 5 nitrogen and oxygen atoms in total. The van der Waals surface area contributed by atoms with Crippen LogP contribution in [-0.4, -0.2) is 32.2 Å². The van der Waals surface area contributed by atoms with E-state index >= 15 is 0 Å². The van der Waals surface area contributed by atoms with E-state index in [4.69, 9.17) is 4.74 Å². The van der Waals surface area contributed by atoms with Gasteiger partial charge in [-0.1, -0.05) is 24.3 Å². The van der Waals surface area contributed by atoms with E-state index < -0.39 is 0 Å². The third-order valence-electron chi connectivity index (χ3n) is 5.34. The second-order valence-corrected chi connectivity index (χ2v) is 7.29. The summed E-state index contributed by atoms with van der Waals surface area (Å²) in [4.78, 5) is 15.1. The van der Waals surface area contributed by atoms with Crippen molar-refractivity contribution in [3.05, 3.63) is 83.4 Å². The minimum Gasteiger partial charge on any atom is -0.378 e. The number of carbonyl (C=O) groups is 1. The maximum Gasteiger partial charge on any atom is 0.255 e. The fourth-order valence-electron chi connectivity index (χ4n) is 3.65. The Morgan fingerprint density at radius 2 is 1.73 bits per heavy atom. The highest BCUT2D eigenvalue weighted by atomic mass is 16.5. The zero-order chi connectivity index (χ0) is 20.9. The normalized spacial score (nSPS) is 13.5. The molecule has 1 aliphatic rings. The van der Waals surface area contributed by atoms with E-state index in [1.807, 2.05) is 67.6 Å². The molecule has 0 bridgehead atoms. The molecule has 5 heteroatoms. The topological polar surface area (TPSA) is 65.4 Å². The van der Waals surface area contributed by atoms with Crippen molar-refractivity contribution in [2.45, 2.75) is 6.92 Å². The lowest BCUT2D eigenvalue weighted by molar-refractivity contribution is 0.102. The third kappa shape index (κ3) is 4.19. The Kier molecular flexibility index (Phi) is 5.78. The number of nitrogens with one attached hydrogen (secondary N) is 1. The van der Waals surface area contributed by atoms with Crippen LogP contribution in [0.5, 0.6) is 0 Å². The Morgan fingerprint density at radius 3 is 2.47 bits per heavy atom. The van der Waals surface area contributed by atoms with Crippen molar-refractivity contribution >= 4 is 17.3 Å². The van der Waals surface area contributed by atoms with Crippen LogP contribution >= 0.6 is 0 Å². The predicted octanol–water partition coefficient (Wildman–Crippen LogP) is 4.62. The van der Waals surface area contributed by atoms with Crippen LogP contribution in [0.25, 0.3) is 11.1 Å². The van der Waals surface area contributed by atoms with E-state index in [2.05, 4.69) is 16.3 Å². The highest BCUT2D eigenvalue weighted by Gasteiger charge is 2.14. The smallest absolute Gasteiger partial charge is 0.255 e. The van der Waals surface area contributed by atoms with Crippen molar-refractivity contribution in [3.8, 4) is 17.2 Å². The molecule has 0 radical (unpaired) electrons. The van der Waals surface area contributed by atoms with Crippen molar-refractivity contribution in [1.29, 1.82) is 5.26 Å². The molecule has 1 amide bonds. The van der Waals surface area contributed by atoms with Crippen LogP contribution in [0.4, 0.5) is 11.4 Å². The minimum atomic E-state index is -0.176. The summed E-state index contributed by atoms with van der Waals surface area (Å²) in [6.45, 7) is 5.21. The maximum absolute atomic E-state index is 12.8. The number of hydrogen-bond acceptors (Lipinski definition) is 4. The summed E-state index contributed by atoms with van der Waals surface area (Å²) in [7, 11) is 0. The molecule has 0 aliphatic carbocycles. The van der Waals surface area contributed by atoms with Crippen molar-refractivity contribution < 1.29 is 9.53 Å². The molecular weight excluding hydrogens is 374 g/mol. The predicted molar refractivity (Wildman–Crippen MR) is 119 cm³/mol. The highest BCUT2D eigenvalue weighted by molar-refractivity contribution is 6.05. The molecule has 3 aromatic rings. The van der Waals surface area contributed by atoms with Gasteiger partial charge in [0.1, 0.15) is 0 Å². The molecule has 1 fully saturated rings. The maximum atomic E-state index is 12.8. The summed E-state index contributed by atoms with van der Waals surface area (Å²) in [5, 5.41) is 12.4. The lowest BCUT2D eigenvalue weighted by Gasteiger charge is -2.28. The number of amides is 1. The number of hydrogen-bond donors (Lipinski definition) is 1. The Bertz CT molecular complexity index is 1090. The zero-order valence-electron chi connectivity index (χ0n) is 16.9. The summed E-state index contributed by atoms with van der Waals surface area (Å²) in [5.74, 6) is -0.176. The SMILES string of the molecule is Cc1ccc(C(=O)Nc2ccc(N3CCOCC3)cc2)cc1-c1ccccc1C#N. The van der Waals surface area contributed by atoms with Gasteiger partial charge in [0, 0.05) is 30.0 Å². The molecule has 30 heavy (non-hydrogen) atoms. The first kappa shape index (κ1) is 19.7. The van der Waals surface area contributed by atoms with Gasteiger partial charge in [0.2, 0.25) is 0 Å². The molecule has 4 rings (SSSR count). The van der Waals surface area contributed by atoms with Gasteiger partial charge in [-0.3, -0.25) is 4.79 Å². The number of nitrogens with zero attached hydrogens (tertiary/aromatic N) is 2. The van der Waals surface area contributed by atoms with Crippen LogP contribution in [0.3, 0.4) is 0 Å². The summed E-state index contributed by atoms with van der Waals surface area (Å²) < 4.78 is 5.39. The monoisotopic (exact) mass is 397 g/mol. The van der Waals surface area contributed by atoms with Crippen molar-refractivity contribution in [2.75, 3.05) is 36.5 Å². The Labute approximate surface area is 176 Å². The van der Waals surface area contributed by atoms with Crippen LogP contribution in [0, 0.1) is 18.3 Å². The second kappa shape index (κ2) is 8.81. The van der Waals surface area contributed by atoms with Gasteiger partial charge in [-0.25, -0.2) is 0 Å². The molecule has 0 saturated carbocycles. The summed E-state index contributed by atoms with van der Waals surface area (Å²) in [6, 6.07) is 23.1. The number of benzene rings is 3. The van der Waals surface area contributed by atoms with Crippen LogP contribution in [0.15, 0.2) is 66.7 Å². The standard InChI is InChI=1S/C25H23N3O2/c1-18-6-7-19(16-24(18)23-5-3-2-4-20(23)17-26)25(29)27-21-8-10-22(11-9-21)28-12-14-30-15-13-28/h2-11,16H,12-15H2,1H3,(H,27,29). The van der Waals surface area contributed by atoms with Gasteiger partial charge in [0.25, 0.3) is 5.91 Å². The lowest BCUT2D eigenvalue weighted by Crippen LogP contribution is -2.36. The number of aryl methyl sites for hydroxylation is 1. The lowest BCUT2D eigenvalue weighted by atomic mass is 9.94. The molecular formula is C25H23N3O2. The zero-order valence-corrected chi connectivity index (χ0v) is 16.9. The molecule has 1 heterocycles. The average molecular weight is 397 g/mol. The van der Waals surface area contributed by atoms with Crippen molar-refractivity contribution in [3.63, 3.8) is 0 Å². The van der Waals surface area contributed by atoms with E-state index in [1.54, 1.807) is 6.07 Å². The number of morpholine rings is 1. The Balaban J connectivity index is 1.53. The molecule has 3 aromatic carbocycles. The Hall–Kier alpha value is -3.62. The molecule has 0 spiro atoms. The number of nitriles is 1. The van der Waals surface area contributed by atoms with Gasteiger partial charge < -0.3 is 15.0 Å². The second-order valence-electron chi connectivity index (χ2n) is 7.29. The van der Waals surface area contributed by atoms with Crippen molar-refractivity contribution in [1.82, 2.24) is 0 Å². The van der Waals surface area contributed by atoms with Gasteiger partial charge in [0.05, 0.1) is 24.8 Å². The summed E-state index contributed by atoms with van der Waals surface area (Å²) in [5.41, 5.74) is 5.77. The van der Waals surface area contributed by atoms with Gasteiger partial charge in [0.15, 0.2) is 0 Å². The molecule has 0 aromatic heterocycles. The number of anilines is 2. The van der Waals surface area contributed by atoms with E-state index in [1.165, 1.54) is 0 Å². The molecule has 1 saturated heterocycles. The molecule has 0 atom stereocenters. The Morgan fingerprint density at radius 1 is 1.00 bits per heavy atom. The van der Waals surface area contributed by atoms with E-state index in [0.717, 1.165) is 54.4 Å². The van der Waals surface area contributed by atoms with Crippen molar-refractivity contribution in [2.24, 2.45) is 0 Å². The average Bonchev–Trinajstić information content (AvgIpc) is 2.80. The van der Waals surface area contributed by atoms with Gasteiger partial charge >= 0.3 is 0 Å². The molecule has 150 valence electrons. The molecule has 0 unspecified atom stereocenters. The summed E-state index contributed by atoms with van der Waals surface area (Å²) >= 11 is 0. The minimum absolute atomic E-state index is 0.176. The van der Waals surface area contributed by atoms with Crippen LogP contribution in [0.1, 0.15) is 21.5 Å². The fraction of sp³-hybridized carbons (Fsp3) is 0.200. The van der Waals surface area contributed by atoms with E-state index in [0.29, 0.717) is 11.1 Å². The quantitative estimate of drug-likeness (QED) is 0.697. The largest absolute Gasteiger partial charge is 0.378 e. The number of rotatable bonds is 4. The first-order valence-electron chi connectivity index (χ1n) is 10.00. The van der Waals surface area contributed by atoms with Crippen LogP contribution in [0.2, 0.25) is 0 Å². The van der Waals surface area contributed by atoms with Gasteiger partial charge in [-0.2, -0.15) is 5.26 Å². The molecule has 1 aliphatic heterocycles. The van der Waals surface area contributed by atoms with Crippen LogP contribution in [-0.2, 0) is 4.74 Å². The number of ether oxygens (including phenoxy) is 1. The van der Waals surface area contributed by atoms with Gasteiger partial charge in [-0.05, 0) is 66.1 Å². The first-order valence-corrected chi connectivity index (χ1v) is 10.00. The fourth-order valence-corrected chi connectivity index (χ4v) is 3.65. The van der Waals surface area contributed by atoms with E-state index in [-0.39, 0.29) is 5.91 Å². The van der Waals surface area contributed by atoms with E-state index in [9.17, 15) is 10.1 Å². The molecule has 1 N–H and O–H groups in total. The van der Waals surface area contributed by atoms with Gasteiger partial charge in [-0.15, -0.1) is 0 Å². The number of carbonyl (C=O) groups excluding carboxylic acids is 1. The summed E-state index contributed by atoms with van der Waals surface area (Å²) in [6.07, 6.45) is 0. The first-order chi connectivity index (χ1) is 14.7.